The number of rotatable bonds is 2. The van der Waals surface area contributed by atoms with E-state index in [0.29, 0.717) is 0 Å². The highest BCUT2D eigenvalue weighted by atomic mass is 32.2. The summed E-state index contributed by atoms with van der Waals surface area (Å²) < 4.78 is 23.3. The van der Waals surface area contributed by atoms with E-state index in [-0.39, 0.29) is 4.90 Å². The zero-order chi connectivity index (χ0) is 8.32. The van der Waals surface area contributed by atoms with Crippen LogP contribution in [-0.4, -0.2) is 13.4 Å². The van der Waals surface area contributed by atoms with E-state index in [9.17, 15) is 13.3 Å². The van der Waals surface area contributed by atoms with Crippen molar-refractivity contribution >= 4 is 10.0 Å². The number of nitrogens with zero attached hydrogens (tertiary/aromatic N) is 2. The maximum atomic E-state index is 10.7. The largest absolute Gasteiger partial charge is 0.318 e. The number of sulfonamides is 1. The van der Waals surface area contributed by atoms with Gasteiger partial charge in [0.05, 0.1) is 4.58 Å². The predicted octanol–water partition coefficient (Wildman–Crippen LogP) is 0.537. The summed E-state index contributed by atoms with van der Waals surface area (Å²) in [6.45, 7) is 0. The minimum Gasteiger partial charge on any atom is -0.263 e. The second-order valence-electron chi connectivity index (χ2n) is 1.74. The number of aromatic nitrogens is 1. The van der Waals surface area contributed by atoms with Crippen LogP contribution in [0.3, 0.4) is 0 Å². The first-order valence-electron chi connectivity index (χ1n) is 2.66. The number of pyridine rings is 1. The lowest BCUT2D eigenvalue weighted by molar-refractivity contribution is 0.597. The lowest BCUT2D eigenvalue weighted by Crippen LogP contribution is -1.94. The fourth-order valence-electron chi connectivity index (χ4n) is 0.543. The minimum absolute atomic E-state index is 0.185. The molecule has 0 aliphatic heterocycles. The van der Waals surface area contributed by atoms with Gasteiger partial charge in [0, 0.05) is 12.4 Å². The van der Waals surface area contributed by atoms with Crippen LogP contribution in [0, 0.1) is 4.91 Å². The topological polar surface area (TPSA) is 76.5 Å². The highest BCUT2D eigenvalue weighted by Gasteiger charge is 2.12. The van der Waals surface area contributed by atoms with Gasteiger partial charge < -0.3 is 0 Å². The van der Waals surface area contributed by atoms with Crippen LogP contribution in [-0.2, 0) is 10.0 Å². The Hall–Kier alpha value is -1.30. The molecule has 0 saturated heterocycles. The second-order valence-corrected chi connectivity index (χ2v) is 3.31. The summed E-state index contributed by atoms with van der Waals surface area (Å²) in [5.74, 6) is 0. The van der Waals surface area contributed by atoms with E-state index in [1.165, 1.54) is 18.3 Å². The van der Waals surface area contributed by atoms with E-state index in [1.54, 1.807) is 0 Å². The SMILES string of the molecule is O=NS(=O)(=O)c1cccnc1. The molecule has 1 heterocycles. The quantitative estimate of drug-likeness (QED) is 0.610. The van der Waals surface area contributed by atoms with Gasteiger partial charge in [-0.15, -0.1) is 4.91 Å². The van der Waals surface area contributed by atoms with Gasteiger partial charge in [0.1, 0.15) is 4.90 Å². The van der Waals surface area contributed by atoms with Crippen LogP contribution in [0.5, 0.6) is 0 Å². The Morgan fingerprint density at radius 2 is 2.18 bits per heavy atom. The van der Waals surface area contributed by atoms with Crippen molar-refractivity contribution in [2.75, 3.05) is 0 Å². The van der Waals surface area contributed by atoms with E-state index >= 15 is 0 Å². The molecule has 0 aromatic carbocycles. The molecule has 6 heteroatoms. The second kappa shape index (κ2) is 2.75. The molecule has 0 bridgehead atoms. The van der Waals surface area contributed by atoms with Crippen molar-refractivity contribution in [1.29, 1.82) is 0 Å². The average molecular weight is 172 g/mol. The van der Waals surface area contributed by atoms with Crippen molar-refractivity contribution in [1.82, 2.24) is 4.98 Å². The van der Waals surface area contributed by atoms with Crippen molar-refractivity contribution in [3.05, 3.63) is 29.4 Å². The fraction of sp³-hybridized carbons (Fsp3) is 0. The number of hydrogen-bond donors (Lipinski definition) is 0. The molecular formula is C5H4N2O3S. The van der Waals surface area contributed by atoms with Gasteiger partial charge in [-0.25, -0.2) is 0 Å². The Bertz CT molecular complexity index is 345. The van der Waals surface area contributed by atoms with E-state index in [0.717, 1.165) is 6.20 Å². The molecular weight excluding hydrogens is 168 g/mol. The summed E-state index contributed by atoms with van der Waals surface area (Å²) in [6.07, 6.45) is 2.47. The molecule has 0 unspecified atom stereocenters. The molecule has 0 fully saturated rings. The first kappa shape index (κ1) is 7.80. The summed E-state index contributed by atoms with van der Waals surface area (Å²) in [5.41, 5.74) is 0. The third-order valence-electron chi connectivity index (χ3n) is 1.03. The van der Waals surface area contributed by atoms with E-state index in [1.807, 2.05) is 4.58 Å². The van der Waals surface area contributed by atoms with Crippen molar-refractivity contribution < 1.29 is 8.42 Å². The lowest BCUT2D eigenvalue weighted by Gasteiger charge is -1.90. The molecule has 0 saturated carbocycles. The predicted molar refractivity (Wildman–Crippen MR) is 37.2 cm³/mol. The Morgan fingerprint density at radius 1 is 1.45 bits per heavy atom. The molecule has 0 amide bonds. The van der Waals surface area contributed by atoms with Gasteiger partial charge in [0.2, 0.25) is 0 Å². The van der Waals surface area contributed by atoms with Crippen LogP contribution in [0.1, 0.15) is 0 Å². The zero-order valence-corrected chi connectivity index (χ0v) is 6.15. The first-order chi connectivity index (χ1) is 5.17. The number of nitroso groups, excluding NO2 is 1. The van der Waals surface area contributed by atoms with Crippen LogP contribution in [0.2, 0.25) is 0 Å². The van der Waals surface area contributed by atoms with Gasteiger partial charge in [0.25, 0.3) is 0 Å². The highest BCUT2D eigenvalue weighted by Crippen LogP contribution is 2.07. The van der Waals surface area contributed by atoms with E-state index in [2.05, 4.69) is 4.98 Å². The third-order valence-corrected chi connectivity index (χ3v) is 2.06. The molecule has 58 valence electrons. The van der Waals surface area contributed by atoms with Crippen LogP contribution in [0.4, 0.5) is 0 Å². The molecule has 0 N–H and O–H groups in total. The monoisotopic (exact) mass is 172 g/mol. The van der Waals surface area contributed by atoms with E-state index in [4.69, 9.17) is 0 Å². The summed E-state index contributed by atoms with van der Waals surface area (Å²) in [6, 6.07) is 2.67. The molecule has 0 aliphatic rings. The molecule has 5 nitrogen and oxygen atoms in total. The van der Waals surface area contributed by atoms with Crippen LogP contribution >= 0.6 is 0 Å². The van der Waals surface area contributed by atoms with Crippen molar-refractivity contribution in [3.8, 4) is 0 Å². The van der Waals surface area contributed by atoms with Gasteiger partial charge in [-0.1, -0.05) is 0 Å². The van der Waals surface area contributed by atoms with Gasteiger partial charge in [-0.05, 0) is 12.1 Å². The van der Waals surface area contributed by atoms with Gasteiger partial charge in [-0.2, -0.15) is 8.42 Å². The number of hydrogen-bond acceptors (Lipinski definition) is 4. The summed E-state index contributed by atoms with van der Waals surface area (Å²) in [7, 11) is -3.99. The lowest BCUT2D eigenvalue weighted by atomic mass is 10.5. The Balaban J connectivity index is 3.24. The zero-order valence-electron chi connectivity index (χ0n) is 5.34. The molecule has 1 rings (SSSR count). The average Bonchev–Trinajstić information content (AvgIpc) is 2.06. The van der Waals surface area contributed by atoms with Gasteiger partial charge in [0.15, 0.2) is 0 Å². The first-order valence-corrected chi connectivity index (χ1v) is 4.10. The highest BCUT2D eigenvalue weighted by molar-refractivity contribution is 7.90. The minimum atomic E-state index is -3.99. The van der Waals surface area contributed by atoms with Crippen LogP contribution < -0.4 is 0 Å². The molecule has 1 aromatic heterocycles. The molecule has 0 atom stereocenters. The normalized spacial score (nSPS) is 10.9. The van der Waals surface area contributed by atoms with Crippen molar-refractivity contribution in [2.45, 2.75) is 4.90 Å². The smallest absolute Gasteiger partial charge is 0.263 e. The summed E-state index contributed by atoms with van der Waals surface area (Å²) in [4.78, 5) is 13.1. The Kier molecular flexibility index (Phi) is 1.95. The maximum absolute atomic E-state index is 10.7. The third kappa shape index (κ3) is 1.58. The Morgan fingerprint density at radius 3 is 2.64 bits per heavy atom. The van der Waals surface area contributed by atoms with Gasteiger partial charge >= 0.3 is 10.0 Å². The molecule has 0 spiro atoms. The standard InChI is InChI=1S/C5H4N2O3S/c8-7-11(9,10)5-2-1-3-6-4-5/h1-4H. The summed E-state index contributed by atoms with van der Waals surface area (Å²) >= 11 is 0. The van der Waals surface area contributed by atoms with Gasteiger partial charge in [-0.3, -0.25) is 4.98 Å². The van der Waals surface area contributed by atoms with Crippen LogP contribution in [0.15, 0.2) is 34.0 Å². The Labute approximate surface area is 63.1 Å². The van der Waals surface area contributed by atoms with Crippen molar-refractivity contribution in [2.24, 2.45) is 4.58 Å². The van der Waals surface area contributed by atoms with Crippen LogP contribution in [0.25, 0.3) is 0 Å². The molecule has 0 aliphatic carbocycles. The van der Waals surface area contributed by atoms with E-state index < -0.39 is 10.0 Å². The molecule has 0 radical (unpaired) electrons. The fourth-order valence-corrected chi connectivity index (χ4v) is 1.07. The van der Waals surface area contributed by atoms with Crippen molar-refractivity contribution in [3.63, 3.8) is 0 Å². The molecule has 11 heavy (non-hydrogen) atoms. The molecule has 1 aromatic rings. The summed E-state index contributed by atoms with van der Waals surface area (Å²) in [5, 5.41) is 0. The maximum Gasteiger partial charge on any atom is 0.318 e.